The normalized spacial score (nSPS) is 12.3. The Morgan fingerprint density at radius 3 is 1.44 bits per heavy atom. The van der Waals surface area contributed by atoms with E-state index in [-0.39, 0.29) is 10.8 Å². The molecule has 0 aliphatic carbocycles. The molecule has 0 atom stereocenters. The van der Waals surface area contributed by atoms with E-state index in [0.29, 0.717) is 0 Å². The van der Waals surface area contributed by atoms with Crippen molar-refractivity contribution in [3.05, 3.63) is 230 Å². The highest BCUT2D eigenvalue weighted by Gasteiger charge is 2.22. The van der Waals surface area contributed by atoms with Crippen LogP contribution in [0.3, 0.4) is 0 Å². The van der Waals surface area contributed by atoms with E-state index in [0.717, 1.165) is 28.4 Å². The first kappa shape index (κ1) is 41.4. The van der Waals surface area contributed by atoms with Crippen molar-refractivity contribution in [2.45, 2.75) is 52.4 Å². The van der Waals surface area contributed by atoms with Crippen LogP contribution in [-0.4, -0.2) is 13.7 Å². The lowest BCUT2D eigenvalue weighted by molar-refractivity contribution is 0.590. The zero-order valence-electron chi connectivity index (χ0n) is 39.6. The van der Waals surface area contributed by atoms with Gasteiger partial charge in [-0.1, -0.05) is 151 Å². The molecule has 0 aliphatic rings. The van der Waals surface area contributed by atoms with Crippen LogP contribution in [0.4, 0.5) is 17.1 Å². The van der Waals surface area contributed by atoms with Crippen LogP contribution in [0.25, 0.3) is 82.7 Å². The summed E-state index contributed by atoms with van der Waals surface area (Å²) in [4.78, 5) is 2.41. The summed E-state index contributed by atoms with van der Waals surface area (Å²) in [6.07, 6.45) is 2.21. The van der Waals surface area contributed by atoms with Gasteiger partial charge in [-0.2, -0.15) is 0 Å². The molecule has 4 nitrogen and oxygen atoms in total. The van der Waals surface area contributed by atoms with Gasteiger partial charge in [-0.05, 0) is 136 Å². The maximum absolute atomic E-state index is 2.46. The molecule has 0 bridgehead atoms. The highest BCUT2D eigenvalue weighted by molar-refractivity contribution is 6.18. The summed E-state index contributed by atoms with van der Waals surface area (Å²) < 4.78 is 7.18. The molecule has 0 radical (unpaired) electrons. The molecule has 12 aromatic rings. The molecule has 0 N–H and O–H groups in total. The van der Waals surface area contributed by atoms with Crippen molar-refractivity contribution < 1.29 is 0 Å². The quantitative estimate of drug-likeness (QED) is 0.156. The predicted molar refractivity (Wildman–Crippen MR) is 289 cm³/mol. The van der Waals surface area contributed by atoms with Crippen LogP contribution >= 0.6 is 0 Å². The first-order valence-corrected chi connectivity index (χ1v) is 23.8. The van der Waals surface area contributed by atoms with Crippen LogP contribution in [0.2, 0.25) is 0 Å². The Hall–Kier alpha value is -8.08. The second kappa shape index (κ2) is 15.8. The Bertz CT molecular complexity index is 3810. The van der Waals surface area contributed by atoms with Gasteiger partial charge >= 0.3 is 0 Å². The molecular weight excluding hydrogens is 825 g/mol. The lowest BCUT2D eigenvalue weighted by Crippen LogP contribution is -2.13. The molecule has 0 spiro atoms. The molecule has 0 fully saturated rings. The van der Waals surface area contributed by atoms with Crippen LogP contribution in [0.5, 0.6) is 0 Å². The standard InChI is InChI=1S/C64H54N4/c1-63(2,3)45-22-28-48(29-23-45)66(52-36-38-61-57(42-52)54-17-11-12-18-59(54)67(61)50-30-24-46(25-31-50)64(4,5)6)49-32-34-51(35-33-49)68-60-19-13-10-16-53(60)55-37-39-58-56(62(55)68)40-41-65(58)47-26-20-44(21-27-47)43-14-8-7-9-15-43/h7-42H,1-6H3. The molecule has 4 heteroatoms. The summed E-state index contributed by atoms with van der Waals surface area (Å²) in [5.74, 6) is 0. The molecule has 330 valence electrons. The first-order chi connectivity index (χ1) is 33.0. The van der Waals surface area contributed by atoms with Crippen LogP contribution in [0.1, 0.15) is 52.7 Å². The Morgan fingerprint density at radius 1 is 0.324 bits per heavy atom. The Morgan fingerprint density at radius 2 is 0.794 bits per heavy atom. The predicted octanol–water partition coefficient (Wildman–Crippen LogP) is 17.6. The topological polar surface area (TPSA) is 18.0 Å². The third kappa shape index (κ3) is 6.90. The maximum atomic E-state index is 2.46. The average molecular weight is 879 g/mol. The summed E-state index contributed by atoms with van der Waals surface area (Å²) >= 11 is 0. The van der Waals surface area contributed by atoms with Gasteiger partial charge in [0.2, 0.25) is 0 Å². The zero-order chi connectivity index (χ0) is 46.3. The van der Waals surface area contributed by atoms with E-state index in [4.69, 9.17) is 0 Å². The molecule has 0 amide bonds. The van der Waals surface area contributed by atoms with Crippen molar-refractivity contribution in [2.75, 3.05) is 4.90 Å². The third-order valence-corrected chi connectivity index (χ3v) is 14.0. The number of fused-ring (bicyclic) bond motifs is 8. The molecule has 68 heavy (non-hydrogen) atoms. The van der Waals surface area contributed by atoms with Crippen molar-refractivity contribution in [2.24, 2.45) is 0 Å². The number of anilines is 3. The van der Waals surface area contributed by atoms with Gasteiger partial charge in [-0.3, -0.25) is 0 Å². The minimum Gasteiger partial charge on any atom is -0.316 e. The number of aromatic nitrogens is 3. The van der Waals surface area contributed by atoms with Gasteiger partial charge in [0.25, 0.3) is 0 Å². The van der Waals surface area contributed by atoms with E-state index < -0.39 is 0 Å². The number of rotatable bonds is 7. The average Bonchev–Trinajstić information content (AvgIpc) is 4.05. The van der Waals surface area contributed by atoms with Crippen molar-refractivity contribution in [3.63, 3.8) is 0 Å². The molecule has 9 aromatic carbocycles. The summed E-state index contributed by atoms with van der Waals surface area (Å²) in [6.45, 7) is 13.6. The SMILES string of the molecule is CC(C)(C)c1ccc(N(c2ccc(-n3c4ccccc4c4ccc5c(ccn5-c5ccc(-c6ccccc6)cc5)c43)cc2)c2ccc3c(c2)c2ccccc2n3-c2ccc(C(C)(C)C)cc2)cc1. The fourth-order valence-corrected chi connectivity index (χ4v) is 10.4. The summed E-state index contributed by atoms with van der Waals surface area (Å²) in [5, 5.41) is 6.16. The fourth-order valence-electron chi connectivity index (χ4n) is 10.4. The number of nitrogens with zero attached hydrogens (tertiary/aromatic N) is 4. The molecule has 3 aromatic heterocycles. The highest BCUT2D eigenvalue weighted by atomic mass is 15.1. The van der Waals surface area contributed by atoms with E-state index in [1.165, 1.54) is 82.5 Å². The Kier molecular flexibility index (Phi) is 9.60. The summed E-state index contributed by atoms with van der Waals surface area (Å²) in [6, 6.07) is 78.3. The Balaban J connectivity index is 0.985. The number of para-hydroxylation sites is 2. The van der Waals surface area contributed by atoms with Gasteiger partial charge in [-0.15, -0.1) is 0 Å². The summed E-state index contributed by atoms with van der Waals surface area (Å²) in [5.41, 5.74) is 17.9. The van der Waals surface area contributed by atoms with E-state index >= 15 is 0 Å². The van der Waals surface area contributed by atoms with Crippen molar-refractivity contribution in [1.29, 1.82) is 0 Å². The van der Waals surface area contributed by atoms with Gasteiger partial charge in [0.15, 0.2) is 0 Å². The largest absolute Gasteiger partial charge is 0.316 e. The second-order valence-electron chi connectivity index (χ2n) is 20.3. The monoisotopic (exact) mass is 878 g/mol. The maximum Gasteiger partial charge on any atom is 0.0635 e. The van der Waals surface area contributed by atoms with Crippen LogP contribution in [-0.2, 0) is 10.8 Å². The van der Waals surface area contributed by atoms with Gasteiger partial charge in [0.05, 0.1) is 27.6 Å². The lowest BCUT2D eigenvalue weighted by Gasteiger charge is -2.27. The van der Waals surface area contributed by atoms with Crippen molar-refractivity contribution in [3.8, 4) is 28.2 Å². The van der Waals surface area contributed by atoms with Gasteiger partial charge in [0.1, 0.15) is 0 Å². The molecule has 0 aliphatic heterocycles. The zero-order valence-corrected chi connectivity index (χ0v) is 39.6. The molecule has 3 heterocycles. The molecule has 0 saturated carbocycles. The molecular formula is C64H54N4. The number of hydrogen-bond acceptors (Lipinski definition) is 1. The molecule has 12 rings (SSSR count). The third-order valence-electron chi connectivity index (χ3n) is 14.0. The second-order valence-corrected chi connectivity index (χ2v) is 20.3. The first-order valence-electron chi connectivity index (χ1n) is 23.8. The van der Waals surface area contributed by atoms with Crippen molar-refractivity contribution in [1.82, 2.24) is 13.7 Å². The number of benzene rings is 9. The van der Waals surface area contributed by atoms with E-state index in [1.807, 2.05) is 0 Å². The van der Waals surface area contributed by atoms with Gasteiger partial charge in [-0.25, -0.2) is 0 Å². The van der Waals surface area contributed by atoms with E-state index in [1.54, 1.807) is 0 Å². The molecule has 0 saturated heterocycles. The summed E-state index contributed by atoms with van der Waals surface area (Å²) in [7, 11) is 0. The fraction of sp³-hybridized carbons (Fsp3) is 0.125. The lowest BCUT2D eigenvalue weighted by atomic mass is 9.87. The minimum atomic E-state index is 0.0402. The highest BCUT2D eigenvalue weighted by Crippen LogP contribution is 2.43. The van der Waals surface area contributed by atoms with Crippen LogP contribution in [0.15, 0.2) is 219 Å². The van der Waals surface area contributed by atoms with E-state index in [9.17, 15) is 0 Å². The smallest absolute Gasteiger partial charge is 0.0635 e. The van der Waals surface area contributed by atoms with Gasteiger partial charge < -0.3 is 18.6 Å². The number of hydrogen-bond donors (Lipinski definition) is 0. The van der Waals surface area contributed by atoms with Crippen LogP contribution in [0, 0.1) is 0 Å². The van der Waals surface area contributed by atoms with Crippen LogP contribution < -0.4 is 4.90 Å². The minimum absolute atomic E-state index is 0.0402. The van der Waals surface area contributed by atoms with E-state index in [2.05, 4.69) is 279 Å². The van der Waals surface area contributed by atoms with Gasteiger partial charge in [0, 0.05) is 67.3 Å². The Labute approximate surface area is 398 Å². The van der Waals surface area contributed by atoms with Crippen molar-refractivity contribution >= 4 is 71.6 Å². The molecule has 0 unspecified atom stereocenters.